The summed E-state index contributed by atoms with van der Waals surface area (Å²) in [6.07, 6.45) is -9.72. The molecular formula is C14H9F6N. The van der Waals surface area contributed by atoms with Crippen molar-refractivity contribution in [1.29, 1.82) is 0 Å². The predicted molar refractivity (Wildman–Crippen MR) is 64.4 cm³/mol. The van der Waals surface area contributed by atoms with Crippen LogP contribution in [0.4, 0.5) is 26.3 Å². The minimum Gasteiger partial charge on any atom is -0.253 e. The third-order valence-corrected chi connectivity index (χ3v) is 2.77. The molecule has 1 aromatic carbocycles. The van der Waals surface area contributed by atoms with E-state index in [0.717, 1.165) is 0 Å². The molecule has 0 saturated carbocycles. The van der Waals surface area contributed by atoms with Crippen molar-refractivity contribution in [3.63, 3.8) is 0 Å². The molecule has 0 aliphatic carbocycles. The fraction of sp³-hybridized carbons (Fsp3) is 0.214. The normalized spacial score (nSPS) is 12.5. The maximum absolute atomic E-state index is 12.7. The Morgan fingerprint density at radius 1 is 0.810 bits per heavy atom. The van der Waals surface area contributed by atoms with Crippen molar-refractivity contribution < 1.29 is 26.3 Å². The first-order chi connectivity index (χ1) is 9.57. The quantitative estimate of drug-likeness (QED) is 0.668. The highest BCUT2D eigenvalue weighted by Crippen LogP contribution is 2.38. The third kappa shape index (κ3) is 3.53. The van der Waals surface area contributed by atoms with Gasteiger partial charge in [0.15, 0.2) is 0 Å². The average molecular weight is 305 g/mol. The number of pyridine rings is 1. The van der Waals surface area contributed by atoms with Gasteiger partial charge in [0.2, 0.25) is 0 Å². The zero-order valence-corrected chi connectivity index (χ0v) is 10.7. The highest BCUT2D eigenvalue weighted by molar-refractivity contribution is 5.62. The summed E-state index contributed by atoms with van der Waals surface area (Å²) in [5, 5.41) is 0. The zero-order chi connectivity index (χ0) is 15.8. The zero-order valence-electron chi connectivity index (χ0n) is 10.7. The van der Waals surface area contributed by atoms with E-state index in [1.54, 1.807) is 13.0 Å². The van der Waals surface area contributed by atoms with Gasteiger partial charge >= 0.3 is 12.4 Å². The number of alkyl halides is 6. The Morgan fingerprint density at radius 3 is 1.76 bits per heavy atom. The van der Waals surface area contributed by atoms with Crippen LogP contribution in [0.2, 0.25) is 0 Å². The lowest BCUT2D eigenvalue weighted by Crippen LogP contribution is -2.11. The molecule has 0 atom stereocenters. The molecule has 0 unspecified atom stereocenters. The Kier molecular flexibility index (Phi) is 3.69. The first kappa shape index (κ1) is 15.3. The van der Waals surface area contributed by atoms with Crippen LogP contribution in [0.15, 0.2) is 36.4 Å². The minimum atomic E-state index is -4.86. The van der Waals surface area contributed by atoms with Crippen molar-refractivity contribution >= 4 is 0 Å². The van der Waals surface area contributed by atoms with E-state index in [4.69, 9.17) is 0 Å². The van der Waals surface area contributed by atoms with Crippen molar-refractivity contribution in [2.75, 3.05) is 0 Å². The number of rotatable bonds is 1. The molecule has 0 N–H and O–H groups in total. The summed E-state index contributed by atoms with van der Waals surface area (Å²) in [4.78, 5) is 3.96. The number of nitrogens with zero attached hydrogens (tertiary/aromatic N) is 1. The summed E-state index contributed by atoms with van der Waals surface area (Å²) in [7, 11) is 0. The monoisotopic (exact) mass is 305 g/mol. The van der Waals surface area contributed by atoms with Crippen LogP contribution in [-0.4, -0.2) is 4.98 Å². The molecule has 0 aliphatic rings. The molecule has 0 radical (unpaired) electrons. The van der Waals surface area contributed by atoms with Crippen LogP contribution in [-0.2, 0) is 12.4 Å². The van der Waals surface area contributed by atoms with Crippen LogP contribution >= 0.6 is 0 Å². The molecule has 0 bridgehead atoms. The fourth-order valence-electron chi connectivity index (χ4n) is 1.81. The minimum absolute atomic E-state index is 0.0617. The van der Waals surface area contributed by atoms with E-state index in [1.807, 2.05) is 0 Å². The summed E-state index contributed by atoms with van der Waals surface area (Å²) in [6.45, 7) is 1.60. The predicted octanol–water partition coefficient (Wildman–Crippen LogP) is 5.09. The summed E-state index contributed by atoms with van der Waals surface area (Å²) in [6, 6.07) is 5.91. The molecule has 2 rings (SSSR count). The van der Waals surface area contributed by atoms with E-state index in [1.165, 1.54) is 12.1 Å². The van der Waals surface area contributed by atoms with Crippen LogP contribution in [0.5, 0.6) is 0 Å². The first-order valence-corrected chi connectivity index (χ1v) is 5.81. The highest BCUT2D eigenvalue weighted by atomic mass is 19.4. The molecule has 2 aromatic rings. The van der Waals surface area contributed by atoms with Gasteiger partial charge in [-0.1, -0.05) is 6.07 Å². The molecule has 0 saturated heterocycles. The lowest BCUT2D eigenvalue weighted by molar-refractivity contribution is -0.143. The van der Waals surface area contributed by atoms with E-state index in [9.17, 15) is 26.3 Å². The molecule has 0 spiro atoms. The van der Waals surface area contributed by atoms with E-state index in [-0.39, 0.29) is 17.3 Å². The van der Waals surface area contributed by atoms with Crippen molar-refractivity contribution in [2.24, 2.45) is 0 Å². The average Bonchev–Trinajstić information content (AvgIpc) is 2.36. The molecule has 1 heterocycles. The smallest absolute Gasteiger partial charge is 0.253 e. The van der Waals surface area contributed by atoms with Gasteiger partial charge in [-0.15, -0.1) is 0 Å². The van der Waals surface area contributed by atoms with Gasteiger partial charge in [-0.05, 0) is 37.3 Å². The SMILES string of the molecule is Cc1cccc(-c2cc(C(F)(F)F)cc(C(F)(F)F)c2)n1. The molecule has 21 heavy (non-hydrogen) atoms. The van der Waals surface area contributed by atoms with Crippen LogP contribution < -0.4 is 0 Å². The van der Waals surface area contributed by atoms with Gasteiger partial charge in [0, 0.05) is 11.3 Å². The maximum Gasteiger partial charge on any atom is 0.416 e. The Morgan fingerprint density at radius 2 is 1.33 bits per heavy atom. The molecule has 7 heteroatoms. The van der Waals surface area contributed by atoms with E-state index < -0.39 is 23.5 Å². The first-order valence-electron chi connectivity index (χ1n) is 5.81. The van der Waals surface area contributed by atoms with Crippen molar-refractivity contribution in [3.8, 4) is 11.3 Å². The number of benzene rings is 1. The number of aromatic nitrogens is 1. The molecule has 1 aromatic heterocycles. The van der Waals surface area contributed by atoms with Crippen molar-refractivity contribution in [2.45, 2.75) is 19.3 Å². The second-order valence-corrected chi connectivity index (χ2v) is 4.46. The third-order valence-electron chi connectivity index (χ3n) is 2.77. The van der Waals surface area contributed by atoms with E-state index in [2.05, 4.69) is 4.98 Å². The second-order valence-electron chi connectivity index (χ2n) is 4.46. The molecule has 112 valence electrons. The Hall–Kier alpha value is -2.05. The van der Waals surface area contributed by atoms with Crippen LogP contribution in [0, 0.1) is 6.92 Å². The fourth-order valence-corrected chi connectivity index (χ4v) is 1.81. The number of hydrogen-bond acceptors (Lipinski definition) is 1. The van der Waals surface area contributed by atoms with Gasteiger partial charge < -0.3 is 0 Å². The standard InChI is InChI=1S/C14H9F6N/c1-8-3-2-4-12(21-8)9-5-10(13(15,16)17)7-11(6-9)14(18,19)20/h2-7H,1H3. The Balaban J connectivity index is 2.66. The lowest BCUT2D eigenvalue weighted by Gasteiger charge is -2.14. The highest BCUT2D eigenvalue weighted by Gasteiger charge is 2.37. The van der Waals surface area contributed by atoms with Crippen LogP contribution in [0.1, 0.15) is 16.8 Å². The van der Waals surface area contributed by atoms with Crippen molar-refractivity contribution in [3.05, 3.63) is 53.2 Å². The Labute approximate surface area is 116 Å². The number of halogens is 6. The van der Waals surface area contributed by atoms with Gasteiger partial charge in [-0.25, -0.2) is 0 Å². The largest absolute Gasteiger partial charge is 0.416 e. The summed E-state index contributed by atoms with van der Waals surface area (Å²) in [5.74, 6) is 0. The number of aryl methyl sites for hydroxylation is 1. The van der Waals surface area contributed by atoms with Gasteiger partial charge in [-0.2, -0.15) is 26.3 Å². The maximum atomic E-state index is 12.7. The van der Waals surface area contributed by atoms with E-state index >= 15 is 0 Å². The second kappa shape index (κ2) is 5.05. The summed E-state index contributed by atoms with van der Waals surface area (Å²) >= 11 is 0. The molecular weight excluding hydrogens is 296 g/mol. The van der Waals surface area contributed by atoms with Gasteiger partial charge in [0.25, 0.3) is 0 Å². The van der Waals surface area contributed by atoms with Crippen LogP contribution in [0.25, 0.3) is 11.3 Å². The number of hydrogen-bond donors (Lipinski definition) is 0. The molecule has 0 fully saturated rings. The summed E-state index contributed by atoms with van der Waals surface area (Å²) < 4.78 is 76.5. The van der Waals surface area contributed by atoms with Gasteiger partial charge in [-0.3, -0.25) is 4.98 Å². The molecule has 0 amide bonds. The van der Waals surface area contributed by atoms with Crippen LogP contribution in [0.3, 0.4) is 0 Å². The van der Waals surface area contributed by atoms with E-state index in [0.29, 0.717) is 17.8 Å². The van der Waals surface area contributed by atoms with Gasteiger partial charge in [0.05, 0.1) is 16.8 Å². The molecule has 0 aliphatic heterocycles. The Bertz CT molecular complexity index is 625. The van der Waals surface area contributed by atoms with Crippen molar-refractivity contribution in [1.82, 2.24) is 4.98 Å². The van der Waals surface area contributed by atoms with Gasteiger partial charge in [0.1, 0.15) is 0 Å². The molecule has 1 nitrogen and oxygen atoms in total. The summed E-state index contributed by atoms with van der Waals surface area (Å²) in [5.41, 5.74) is -2.36. The lowest BCUT2D eigenvalue weighted by atomic mass is 10.0. The topological polar surface area (TPSA) is 12.9 Å².